The molecule has 110 valence electrons. The summed E-state index contributed by atoms with van der Waals surface area (Å²) >= 11 is 3.45. The molecule has 0 bridgehead atoms. The second-order valence-corrected chi connectivity index (χ2v) is 6.23. The summed E-state index contributed by atoms with van der Waals surface area (Å²) in [6, 6.07) is 9.76. The van der Waals surface area contributed by atoms with Crippen LogP contribution in [0, 0.1) is 11.3 Å². The Morgan fingerprint density at radius 1 is 1.41 bits per heavy atom. The number of aromatic amines is 1. The van der Waals surface area contributed by atoms with Gasteiger partial charge in [0.15, 0.2) is 5.65 Å². The Hall–Kier alpha value is -2.39. The van der Waals surface area contributed by atoms with Crippen LogP contribution in [0.2, 0.25) is 0 Å². The van der Waals surface area contributed by atoms with Crippen molar-refractivity contribution in [3.05, 3.63) is 56.4 Å². The maximum absolute atomic E-state index is 12.7. The largest absolute Gasteiger partial charge is 0.338 e. The van der Waals surface area contributed by atoms with Gasteiger partial charge in [-0.1, -0.05) is 41.9 Å². The van der Waals surface area contributed by atoms with E-state index < -0.39 is 0 Å². The van der Waals surface area contributed by atoms with Gasteiger partial charge in [0.1, 0.15) is 11.6 Å². The Morgan fingerprint density at radius 2 is 2.18 bits per heavy atom. The molecule has 22 heavy (non-hydrogen) atoms. The number of hydrogen-bond acceptors (Lipinski definition) is 3. The summed E-state index contributed by atoms with van der Waals surface area (Å²) in [6.45, 7) is 3.93. The number of halogens is 1. The van der Waals surface area contributed by atoms with Gasteiger partial charge in [-0.25, -0.2) is 0 Å². The number of rotatable bonds is 2. The highest BCUT2D eigenvalue weighted by atomic mass is 79.9. The van der Waals surface area contributed by atoms with E-state index in [9.17, 15) is 4.79 Å². The van der Waals surface area contributed by atoms with Crippen molar-refractivity contribution in [2.75, 3.05) is 0 Å². The van der Waals surface area contributed by atoms with E-state index in [2.05, 4.69) is 32.1 Å². The Bertz CT molecular complexity index is 962. The molecule has 0 spiro atoms. The zero-order valence-corrected chi connectivity index (χ0v) is 13.7. The minimum Gasteiger partial charge on any atom is -0.338 e. The molecule has 2 aromatic heterocycles. The molecular formula is C16H13BrN4O. The molecule has 0 atom stereocenters. The normalized spacial score (nSPS) is 11.0. The number of benzene rings is 1. The molecule has 3 aromatic rings. The van der Waals surface area contributed by atoms with Crippen molar-refractivity contribution in [1.82, 2.24) is 14.6 Å². The second kappa shape index (κ2) is 5.43. The molecule has 0 saturated heterocycles. The van der Waals surface area contributed by atoms with Gasteiger partial charge < -0.3 is 4.98 Å². The van der Waals surface area contributed by atoms with E-state index in [0.29, 0.717) is 16.8 Å². The summed E-state index contributed by atoms with van der Waals surface area (Å²) in [5, 5.41) is 13.2. The number of aromatic nitrogens is 3. The van der Waals surface area contributed by atoms with Crippen LogP contribution in [0.25, 0.3) is 16.9 Å². The molecule has 3 rings (SSSR count). The maximum atomic E-state index is 12.7. The number of nitriles is 1. The highest BCUT2D eigenvalue weighted by Crippen LogP contribution is 2.27. The molecular weight excluding hydrogens is 344 g/mol. The fourth-order valence-electron chi connectivity index (χ4n) is 2.52. The van der Waals surface area contributed by atoms with Crippen molar-refractivity contribution in [1.29, 1.82) is 5.26 Å². The van der Waals surface area contributed by atoms with Crippen LogP contribution in [0.15, 0.2) is 39.7 Å². The molecule has 1 N–H and O–H groups in total. The van der Waals surface area contributed by atoms with Gasteiger partial charge in [0.05, 0.1) is 11.9 Å². The molecule has 0 aliphatic carbocycles. The van der Waals surface area contributed by atoms with E-state index >= 15 is 0 Å². The van der Waals surface area contributed by atoms with Gasteiger partial charge >= 0.3 is 0 Å². The first kappa shape index (κ1) is 14.5. The van der Waals surface area contributed by atoms with Crippen molar-refractivity contribution in [2.24, 2.45) is 0 Å². The van der Waals surface area contributed by atoms with Crippen LogP contribution in [0.5, 0.6) is 0 Å². The predicted octanol–water partition coefficient (Wildman–Crippen LogP) is 3.45. The van der Waals surface area contributed by atoms with Crippen molar-refractivity contribution in [3.8, 4) is 17.3 Å². The number of fused-ring (bicyclic) bond motifs is 1. The average Bonchev–Trinajstić information content (AvgIpc) is 2.90. The van der Waals surface area contributed by atoms with Gasteiger partial charge in [0.2, 0.25) is 0 Å². The van der Waals surface area contributed by atoms with E-state index in [-0.39, 0.29) is 11.5 Å². The third-order valence-corrected chi connectivity index (χ3v) is 4.01. The molecule has 5 nitrogen and oxygen atoms in total. The number of hydrogen-bond donors (Lipinski definition) is 1. The van der Waals surface area contributed by atoms with Crippen LogP contribution in [-0.4, -0.2) is 14.6 Å². The SMILES string of the molecule is CC(C)c1c(-c2cccc(Br)c2)[nH]c2c(C#N)cnn2c1=O. The lowest BCUT2D eigenvalue weighted by atomic mass is 9.98. The molecule has 0 aliphatic rings. The highest BCUT2D eigenvalue weighted by molar-refractivity contribution is 9.10. The lowest BCUT2D eigenvalue weighted by Crippen LogP contribution is -2.22. The van der Waals surface area contributed by atoms with Crippen molar-refractivity contribution in [3.63, 3.8) is 0 Å². The zero-order chi connectivity index (χ0) is 15.9. The monoisotopic (exact) mass is 356 g/mol. The molecule has 0 radical (unpaired) electrons. The first-order valence-electron chi connectivity index (χ1n) is 6.83. The van der Waals surface area contributed by atoms with Gasteiger partial charge in [-0.2, -0.15) is 14.9 Å². The lowest BCUT2D eigenvalue weighted by Gasteiger charge is -2.13. The molecule has 0 saturated carbocycles. The molecule has 1 aromatic carbocycles. The second-order valence-electron chi connectivity index (χ2n) is 5.31. The van der Waals surface area contributed by atoms with Gasteiger partial charge in [-0.3, -0.25) is 4.79 Å². The Kier molecular flexibility index (Phi) is 3.59. The van der Waals surface area contributed by atoms with Crippen molar-refractivity contribution in [2.45, 2.75) is 19.8 Å². The quantitative estimate of drug-likeness (QED) is 0.763. The van der Waals surface area contributed by atoms with Crippen LogP contribution in [0.3, 0.4) is 0 Å². The number of nitrogens with zero attached hydrogens (tertiary/aromatic N) is 3. The van der Waals surface area contributed by atoms with Gasteiger partial charge in [-0.05, 0) is 23.6 Å². The smallest absolute Gasteiger partial charge is 0.278 e. The minimum atomic E-state index is -0.194. The van der Waals surface area contributed by atoms with E-state index in [1.807, 2.05) is 38.1 Å². The van der Waals surface area contributed by atoms with Crippen LogP contribution < -0.4 is 5.56 Å². The highest BCUT2D eigenvalue weighted by Gasteiger charge is 2.19. The van der Waals surface area contributed by atoms with E-state index in [0.717, 1.165) is 15.7 Å². The van der Waals surface area contributed by atoms with Crippen LogP contribution in [0.1, 0.15) is 30.9 Å². The Balaban J connectivity index is 2.44. The minimum absolute atomic E-state index is 0.0249. The van der Waals surface area contributed by atoms with Gasteiger partial charge in [0, 0.05) is 10.0 Å². The Labute approximate surface area is 135 Å². The Morgan fingerprint density at radius 3 is 2.82 bits per heavy atom. The third kappa shape index (κ3) is 2.24. The van der Waals surface area contributed by atoms with Crippen LogP contribution >= 0.6 is 15.9 Å². The summed E-state index contributed by atoms with van der Waals surface area (Å²) in [5.74, 6) is 0.0249. The molecule has 0 aliphatic heterocycles. The van der Waals surface area contributed by atoms with E-state index in [1.165, 1.54) is 10.7 Å². The maximum Gasteiger partial charge on any atom is 0.278 e. The van der Waals surface area contributed by atoms with Crippen molar-refractivity contribution >= 4 is 21.6 Å². The van der Waals surface area contributed by atoms with E-state index in [4.69, 9.17) is 5.26 Å². The third-order valence-electron chi connectivity index (χ3n) is 3.52. The summed E-state index contributed by atoms with van der Waals surface area (Å²) in [7, 11) is 0. The molecule has 0 amide bonds. The van der Waals surface area contributed by atoms with Crippen LogP contribution in [-0.2, 0) is 0 Å². The first-order chi connectivity index (χ1) is 10.5. The fraction of sp³-hybridized carbons (Fsp3) is 0.188. The van der Waals surface area contributed by atoms with Gasteiger partial charge in [0.25, 0.3) is 5.56 Å². The molecule has 0 unspecified atom stereocenters. The standard InChI is InChI=1S/C16H13BrN4O/c1-9(2)13-14(10-4-3-5-12(17)6-10)20-15-11(7-18)8-19-21(15)16(13)22/h3-6,8-9,20H,1-2H3. The first-order valence-corrected chi connectivity index (χ1v) is 7.62. The lowest BCUT2D eigenvalue weighted by molar-refractivity contribution is 0.797. The number of nitrogens with one attached hydrogen (secondary N) is 1. The predicted molar refractivity (Wildman–Crippen MR) is 87.8 cm³/mol. The summed E-state index contributed by atoms with van der Waals surface area (Å²) in [6.07, 6.45) is 1.40. The van der Waals surface area contributed by atoms with Crippen molar-refractivity contribution < 1.29 is 0 Å². The van der Waals surface area contributed by atoms with E-state index in [1.54, 1.807) is 0 Å². The number of H-pyrrole nitrogens is 1. The summed E-state index contributed by atoms with van der Waals surface area (Å²) in [4.78, 5) is 16.0. The molecule has 0 fully saturated rings. The summed E-state index contributed by atoms with van der Waals surface area (Å²) in [5.41, 5.74) is 2.85. The van der Waals surface area contributed by atoms with Crippen LogP contribution in [0.4, 0.5) is 0 Å². The zero-order valence-electron chi connectivity index (χ0n) is 12.1. The summed E-state index contributed by atoms with van der Waals surface area (Å²) < 4.78 is 2.18. The fourth-order valence-corrected chi connectivity index (χ4v) is 2.92. The topological polar surface area (TPSA) is 73.9 Å². The van der Waals surface area contributed by atoms with Gasteiger partial charge in [-0.15, -0.1) is 0 Å². The molecule has 6 heteroatoms. The molecule has 2 heterocycles. The average molecular weight is 357 g/mol.